The van der Waals surface area contributed by atoms with Crippen molar-refractivity contribution < 1.29 is 23.6 Å². The average Bonchev–Trinajstić information content (AvgIpc) is 3.08. The normalized spacial score (nSPS) is 11.7. The smallest absolute Gasteiger partial charge is 0.328 e. The summed E-state index contributed by atoms with van der Waals surface area (Å²) in [4.78, 5) is 28.6. The molecule has 0 atom stereocenters. The van der Waals surface area contributed by atoms with Gasteiger partial charge >= 0.3 is 5.97 Å². The molecule has 0 aliphatic rings. The predicted molar refractivity (Wildman–Crippen MR) is 92.9 cm³/mol. The number of fused-ring (bicyclic) bond motifs is 1. The van der Waals surface area contributed by atoms with Crippen molar-refractivity contribution in [3.05, 3.63) is 34.9 Å². The number of nitrogens with zero attached hydrogens (tertiary/aromatic N) is 2. The number of hydrogen-bond acceptors (Lipinski definition) is 6. The second kappa shape index (κ2) is 5.98. The van der Waals surface area contributed by atoms with Gasteiger partial charge in [0.1, 0.15) is 17.1 Å². The Balaban J connectivity index is 2.17. The number of amides is 1. The first-order chi connectivity index (χ1) is 12.1. The summed E-state index contributed by atoms with van der Waals surface area (Å²) in [5.41, 5.74) is 0.733. The molecule has 136 valence electrons. The van der Waals surface area contributed by atoms with Gasteiger partial charge in [-0.3, -0.25) is 4.79 Å². The van der Waals surface area contributed by atoms with Gasteiger partial charge in [-0.2, -0.15) is 0 Å². The quantitative estimate of drug-likeness (QED) is 0.736. The Morgan fingerprint density at radius 2 is 1.88 bits per heavy atom. The first kappa shape index (κ1) is 17.7. The Labute approximate surface area is 149 Å². The molecule has 0 aromatic carbocycles. The maximum atomic E-state index is 12.8. The van der Waals surface area contributed by atoms with Gasteiger partial charge in [0.15, 0.2) is 0 Å². The molecule has 26 heavy (non-hydrogen) atoms. The van der Waals surface area contributed by atoms with E-state index >= 15 is 0 Å². The zero-order chi connectivity index (χ0) is 19.2. The number of carbonyl (C=O) groups is 2. The SMILES string of the molecule is Cc1cc(-c2cc(C(=O)NC(C)(C)C(=O)O)c3c(C)noc3n2)c(C)o1. The lowest BCUT2D eigenvalue weighted by atomic mass is 10.0. The van der Waals surface area contributed by atoms with Crippen LogP contribution in [0.4, 0.5) is 0 Å². The number of furan rings is 1. The third-order valence-electron chi connectivity index (χ3n) is 4.14. The number of nitrogens with one attached hydrogen (secondary N) is 1. The molecule has 0 bridgehead atoms. The van der Waals surface area contributed by atoms with Crippen molar-refractivity contribution in [3.8, 4) is 11.3 Å². The summed E-state index contributed by atoms with van der Waals surface area (Å²) in [7, 11) is 0. The summed E-state index contributed by atoms with van der Waals surface area (Å²) in [5, 5.41) is 16.1. The third-order valence-corrected chi connectivity index (χ3v) is 4.14. The lowest BCUT2D eigenvalue weighted by Gasteiger charge is -2.21. The van der Waals surface area contributed by atoms with E-state index in [9.17, 15) is 14.7 Å². The molecule has 0 radical (unpaired) electrons. The van der Waals surface area contributed by atoms with Gasteiger partial charge < -0.3 is 19.4 Å². The molecular weight excluding hydrogens is 338 g/mol. The van der Waals surface area contributed by atoms with Crippen LogP contribution in [0.25, 0.3) is 22.4 Å². The number of aryl methyl sites for hydroxylation is 3. The highest BCUT2D eigenvalue weighted by molar-refractivity contribution is 6.08. The Hall–Kier alpha value is -3.16. The summed E-state index contributed by atoms with van der Waals surface area (Å²) in [6.45, 7) is 8.14. The minimum atomic E-state index is -1.43. The van der Waals surface area contributed by atoms with Crippen LogP contribution in [0.2, 0.25) is 0 Å². The number of pyridine rings is 1. The number of hydrogen-bond donors (Lipinski definition) is 2. The van der Waals surface area contributed by atoms with Gasteiger partial charge in [-0.25, -0.2) is 9.78 Å². The van der Waals surface area contributed by atoms with E-state index in [-0.39, 0.29) is 11.3 Å². The average molecular weight is 357 g/mol. The summed E-state index contributed by atoms with van der Waals surface area (Å²) in [5.74, 6) is -0.316. The van der Waals surface area contributed by atoms with Crippen LogP contribution in [0.15, 0.2) is 21.1 Å². The topological polar surface area (TPSA) is 118 Å². The lowest BCUT2D eigenvalue weighted by Crippen LogP contribution is -2.49. The Kier molecular flexibility index (Phi) is 4.06. The minimum Gasteiger partial charge on any atom is -0.480 e. The molecule has 0 spiro atoms. The summed E-state index contributed by atoms with van der Waals surface area (Å²) < 4.78 is 10.8. The van der Waals surface area contributed by atoms with Crippen molar-refractivity contribution in [2.75, 3.05) is 0 Å². The van der Waals surface area contributed by atoms with Crippen LogP contribution in [-0.4, -0.2) is 32.7 Å². The van der Waals surface area contributed by atoms with E-state index in [2.05, 4.69) is 15.5 Å². The highest BCUT2D eigenvalue weighted by Crippen LogP contribution is 2.30. The molecule has 0 saturated carbocycles. The Morgan fingerprint density at radius 3 is 2.46 bits per heavy atom. The van der Waals surface area contributed by atoms with E-state index in [4.69, 9.17) is 8.94 Å². The Bertz CT molecular complexity index is 1030. The van der Waals surface area contributed by atoms with Crippen LogP contribution in [0.5, 0.6) is 0 Å². The first-order valence-electron chi connectivity index (χ1n) is 8.00. The van der Waals surface area contributed by atoms with Gasteiger partial charge in [0.25, 0.3) is 11.6 Å². The number of rotatable bonds is 4. The fourth-order valence-corrected chi connectivity index (χ4v) is 2.70. The fraction of sp³-hybridized carbons (Fsp3) is 0.333. The summed E-state index contributed by atoms with van der Waals surface area (Å²) in [6.07, 6.45) is 0. The van der Waals surface area contributed by atoms with Crippen molar-refractivity contribution >= 4 is 23.0 Å². The number of aliphatic carboxylic acids is 1. The molecular formula is C18H19N3O5. The van der Waals surface area contributed by atoms with Gasteiger partial charge in [0.05, 0.1) is 22.3 Å². The van der Waals surface area contributed by atoms with Crippen LogP contribution in [0, 0.1) is 20.8 Å². The van der Waals surface area contributed by atoms with Gasteiger partial charge in [-0.05, 0) is 46.8 Å². The van der Waals surface area contributed by atoms with Crippen molar-refractivity contribution in [3.63, 3.8) is 0 Å². The number of aromatic nitrogens is 2. The third kappa shape index (κ3) is 2.94. The predicted octanol–water partition coefficient (Wildman–Crippen LogP) is 3.00. The molecule has 3 heterocycles. The van der Waals surface area contributed by atoms with Crippen molar-refractivity contribution in [2.45, 2.75) is 40.2 Å². The molecule has 1 amide bonds. The molecule has 8 nitrogen and oxygen atoms in total. The van der Waals surface area contributed by atoms with Crippen LogP contribution >= 0.6 is 0 Å². The van der Waals surface area contributed by atoms with Crippen molar-refractivity contribution in [2.24, 2.45) is 0 Å². The molecule has 0 saturated heterocycles. The number of carbonyl (C=O) groups excluding carboxylic acids is 1. The molecule has 0 aliphatic carbocycles. The molecule has 3 aromatic heterocycles. The second-order valence-corrected chi connectivity index (χ2v) is 6.71. The van der Waals surface area contributed by atoms with Gasteiger partial charge in [0, 0.05) is 5.56 Å². The number of carboxylic acid groups (broad SMARTS) is 1. The van der Waals surface area contributed by atoms with Crippen molar-refractivity contribution in [1.29, 1.82) is 0 Å². The molecule has 0 fully saturated rings. The van der Waals surface area contributed by atoms with Gasteiger partial charge in [0.2, 0.25) is 0 Å². The highest BCUT2D eigenvalue weighted by Gasteiger charge is 2.31. The van der Waals surface area contributed by atoms with Crippen LogP contribution < -0.4 is 5.32 Å². The zero-order valence-electron chi connectivity index (χ0n) is 15.1. The fourth-order valence-electron chi connectivity index (χ4n) is 2.70. The molecule has 8 heteroatoms. The van der Waals surface area contributed by atoms with E-state index < -0.39 is 17.4 Å². The van der Waals surface area contributed by atoms with E-state index in [0.29, 0.717) is 28.3 Å². The van der Waals surface area contributed by atoms with E-state index in [1.807, 2.05) is 13.0 Å². The van der Waals surface area contributed by atoms with Crippen molar-refractivity contribution in [1.82, 2.24) is 15.5 Å². The molecule has 3 rings (SSSR count). The van der Waals surface area contributed by atoms with Gasteiger partial charge in [-0.15, -0.1) is 0 Å². The molecule has 0 aliphatic heterocycles. The zero-order valence-corrected chi connectivity index (χ0v) is 15.1. The van der Waals surface area contributed by atoms with Crippen LogP contribution in [0.3, 0.4) is 0 Å². The highest BCUT2D eigenvalue weighted by atomic mass is 16.5. The first-order valence-corrected chi connectivity index (χ1v) is 8.00. The Morgan fingerprint density at radius 1 is 1.19 bits per heavy atom. The van der Waals surface area contributed by atoms with Gasteiger partial charge in [-0.1, -0.05) is 5.16 Å². The second-order valence-electron chi connectivity index (χ2n) is 6.71. The van der Waals surface area contributed by atoms with E-state index in [1.165, 1.54) is 13.8 Å². The largest absolute Gasteiger partial charge is 0.480 e. The van der Waals surface area contributed by atoms with E-state index in [0.717, 1.165) is 5.56 Å². The van der Waals surface area contributed by atoms with Crippen LogP contribution in [0.1, 0.15) is 41.4 Å². The number of carboxylic acids is 1. The molecule has 3 aromatic rings. The minimum absolute atomic E-state index is 0.205. The lowest BCUT2D eigenvalue weighted by molar-refractivity contribution is -0.143. The maximum absolute atomic E-state index is 12.8. The maximum Gasteiger partial charge on any atom is 0.328 e. The standard InChI is InChI=1S/C18H19N3O5/c1-8-6-11(10(3)25-8)13-7-12(14-9(2)21-26-16(14)19-13)15(22)20-18(4,5)17(23)24/h6-7H,1-5H3,(H,20,22)(H,23,24). The summed E-state index contributed by atoms with van der Waals surface area (Å²) >= 11 is 0. The van der Waals surface area contributed by atoms with E-state index in [1.54, 1.807) is 19.9 Å². The monoisotopic (exact) mass is 357 g/mol. The molecule has 2 N–H and O–H groups in total. The van der Waals surface area contributed by atoms with Crippen LogP contribution in [-0.2, 0) is 4.79 Å². The summed E-state index contributed by atoms with van der Waals surface area (Å²) in [6, 6.07) is 3.41. The molecule has 0 unspecified atom stereocenters.